The molecule has 0 aromatic carbocycles. The van der Waals surface area contributed by atoms with Crippen LogP contribution >= 0.6 is 15.9 Å². The maximum atomic E-state index is 10.6. The maximum absolute atomic E-state index is 10.6. The van der Waals surface area contributed by atoms with Gasteiger partial charge < -0.3 is 14.9 Å². The van der Waals surface area contributed by atoms with Crippen LogP contribution in [-0.2, 0) is 0 Å². The van der Waals surface area contributed by atoms with E-state index in [1.807, 2.05) is 0 Å². The van der Waals surface area contributed by atoms with Crippen molar-refractivity contribution in [2.45, 2.75) is 18.9 Å². The summed E-state index contributed by atoms with van der Waals surface area (Å²) in [5.74, 6) is 0.0203. The lowest BCUT2D eigenvalue weighted by molar-refractivity contribution is -0.390. The summed E-state index contributed by atoms with van der Waals surface area (Å²) in [7, 11) is 0. The normalized spacial score (nSPS) is 15.2. The summed E-state index contributed by atoms with van der Waals surface area (Å²) in [6, 6.07) is 3.19. The van der Waals surface area contributed by atoms with Gasteiger partial charge in [-0.3, -0.25) is 0 Å². The molecule has 1 aliphatic carbocycles. The van der Waals surface area contributed by atoms with E-state index in [-0.39, 0.29) is 17.7 Å². The van der Waals surface area contributed by atoms with Crippen molar-refractivity contribution < 1.29 is 9.66 Å². The van der Waals surface area contributed by atoms with Crippen LogP contribution in [0.2, 0.25) is 0 Å². The van der Waals surface area contributed by atoms with Crippen LogP contribution < -0.4 is 4.74 Å². The minimum Gasteiger partial charge on any atom is -0.482 e. The number of halogens is 1. The van der Waals surface area contributed by atoms with Crippen molar-refractivity contribution in [2.75, 3.05) is 0 Å². The van der Waals surface area contributed by atoms with E-state index in [4.69, 9.17) is 4.74 Å². The molecule has 14 heavy (non-hydrogen) atoms. The van der Waals surface area contributed by atoms with Crippen molar-refractivity contribution in [3.05, 3.63) is 26.9 Å². The Labute approximate surface area is 88.4 Å². The van der Waals surface area contributed by atoms with E-state index in [9.17, 15) is 10.1 Å². The monoisotopic (exact) mass is 258 g/mol. The molecule has 0 aliphatic heterocycles. The zero-order chi connectivity index (χ0) is 10.1. The van der Waals surface area contributed by atoms with Crippen LogP contribution in [0.1, 0.15) is 12.8 Å². The van der Waals surface area contributed by atoms with Gasteiger partial charge >= 0.3 is 5.82 Å². The average molecular weight is 259 g/mol. The molecule has 1 aliphatic rings. The summed E-state index contributed by atoms with van der Waals surface area (Å²) in [6.07, 6.45) is 2.07. The van der Waals surface area contributed by atoms with Crippen molar-refractivity contribution in [1.82, 2.24) is 4.98 Å². The number of pyridine rings is 1. The van der Waals surface area contributed by atoms with Gasteiger partial charge in [-0.25, -0.2) is 0 Å². The Bertz CT molecular complexity index is 379. The fourth-order valence-electron chi connectivity index (χ4n) is 1.00. The highest BCUT2D eigenvalue weighted by Crippen LogP contribution is 2.32. The van der Waals surface area contributed by atoms with Gasteiger partial charge in [0.05, 0.1) is 6.10 Å². The van der Waals surface area contributed by atoms with Gasteiger partial charge in [0.15, 0.2) is 0 Å². The fourth-order valence-corrected chi connectivity index (χ4v) is 1.30. The first-order chi connectivity index (χ1) is 6.66. The number of aromatic nitrogens is 1. The second-order valence-corrected chi connectivity index (χ2v) is 3.84. The number of nitro groups is 1. The molecule has 0 unspecified atom stereocenters. The molecule has 1 fully saturated rings. The van der Waals surface area contributed by atoms with Crippen molar-refractivity contribution in [1.29, 1.82) is 0 Å². The van der Waals surface area contributed by atoms with Crippen molar-refractivity contribution in [3.8, 4) is 5.75 Å². The van der Waals surface area contributed by atoms with Gasteiger partial charge in [-0.15, -0.1) is 0 Å². The number of hydrogen-bond acceptors (Lipinski definition) is 4. The minimum atomic E-state index is -0.539. The Morgan fingerprint density at radius 3 is 2.86 bits per heavy atom. The summed E-state index contributed by atoms with van der Waals surface area (Å²) in [5.41, 5.74) is 0. The summed E-state index contributed by atoms with van der Waals surface area (Å²) in [4.78, 5) is 13.8. The molecule has 0 spiro atoms. The predicted molar refractivity (Wildman–Crippen MR) is 52.2 cm³/mol. The van der Waals surface area contributed by atoms with E-state index in [0.717, 1.165) is 12.8 Å². The maximum Gasteiger partial charge on any atom is 0.407 e. The molecule has 0 radical (unpaired) electrons. The van der Waals surface area contributed by atoms with Crippen LogP contribution in [0.15, 0.2) is 16.7 Å². The van der Waals surface area contributed by atoms with Crippen LogP contribution in [0.25, 0.3) is 0 Å². The summed E-state index contributed by atoms with van der Waals surface area (Å²) in [6.45, 7) is 0. The lowest BCUT2D eigenvalue weighted by Gasteiger charge is -2.03. The SMILES string of the molecule is O=[N+]([O-])c1nc(Br)ccc1OC1CC1. The van der Waals surface area contributed by atoms with E-state index < -0.39 is 4.92 Å². The van der Waals surface area contributed by atoms with E-state index in [1.165, 1.54) is 0 Å². The first kappa shape index (κ1) is 9.39. The lowest BCUT2D eigenvalue weighted by atomic mass is 10.4. The Morgan fingerprint density at radius 1 is 1.57 bits per heavy atom. The largest absolute Gasteiger partial charge is 0.482 e. The molecule has 0 saturated heterocycles. The highest BCUT2D eigenvalue weighted by Gasteiger charge is 2.28. The highest BCUT2D eigenvalue weighted by molar-refractivity contribution is 9.10. The van der Waals surface area contributed by atoms with Gasteiger partial charge in [0.2, 0.25) is 10.4 Å². The second-order valence-electron chi connectivity index (χ2n) is 3.03. The van der Waals surface area contributed by atoms with E-state index in [0.29, 0.717) is 4.60 Å². The Balaban J connectivity index is 2.31. The summed E-state index contributed by atoms with van der Waals surface area (Å²) in [5, 5.41) is 10.6. The first-order valence-corrected chi connectivity index (χ1v) is 4.93. The summed E-state index contributed by atoms with van der Waals surface area (Å²) >= 11 is 3.08. The molecule has 2 rings (SSSR count). The molecule has 1 aromatic rings. The van der Waals surface area contributed by atoms with Gasteiger partial charge in [-0.2, -0.15) is 0 Å². The molecular weight excluding hydrogens is 252 g/mol. The Morgan fingerprint density at radius 2 is 2.29 bits per heavy atom. The Hall–Kier alpha value is -1.17. The molecular formula is C8H7BrN2O3. The van der Waals surface area contributed by atoms with Crippen molar-refractivity contribution in [2.24, 2.45) is 0 Å². The quantitative estimate of drug-likeness (QED) is 0.474. The molecule has 74 valence electrons. The Kier molecular flexibility index (Phi) is 2.37. The highest BCUT2D eigenvalue weighted by atomic mass is 79.9. The second kappa shape index (κ2) is 3.53. The predicted octanol–water partition coefficient (Wildman–Crippen LogP) is 2.29. The van der Waals surface area contributed by atoms with Crippen LogP contribution in [0.5, 0.6) is 5.75 Å². The van der Waals surface area contributed by atoms with Gasteiger partial charge in [0, 0.05) is 22.0 Å². The van der Waals surface area contributed by atoms with Crippen LogP contribution in [0, 0.1) is 10.1 Å². The molecule has 5 nitrogen and oxygen atoms in total. The van der Waals surface area contributed by atoms with Crippen LogP contribution in [0.4, 0.5) is 5.82 Å². The van der Waals surface area contributed by atoms with Crippen molar-refractivity contribution >= 4 is 21.7 Å². The summed E-state index contributed by atoms with van der Waals surface area (Å²) < 4.78 is 5.79. The molecule has 0 bridgehead atoms. The molecule has 0 amide bonds. The number of hydrogen-bond donors (Lipinski definition) is 0. The van der Waals surface area contributed by atoms with Crippen molar-refractivity contribution in [3.63, 3.8) is 0 Å². The topological polar surface area (TPSA) is 65.3 Å². The van der Waals surface area contributed by atoms with Gasteiger partial charge in [-0.05, 0) is 28.8 Å². The lowest BCUT2D eigenvalue weighted by Crippen LogP contribution is -2.01. The van der Waals surface area contributed by atoms with Gasteiger partial charge in [0.25, 0.3) is 0 Å². The number of ether oxygens (including phenoxy) is 1. The smallest absolute Gasteiger partial charge is 0.407 e. The third-order valence-electron chi connectivity index (χ3n) is 1.80. The molecule has 1 saturated carbocycles. The third kappa shape index (κ3) is 2.01. The molecule has 1 aromatic heterocycles. The average Bonchev–Trinajstić information content (AvgIpc) is 2.91. The molecule has 0 N–H and O–H groups in total. The zero-order valence-corrected chi connectivity index (χ0v) is 8.73. The van der Waals surface area contributed by atoms with Crippen LogP contribution in [0.3, 0.4) is 0 Å². The van der Waals surface area contributed by atoms with E-state index >= 15 is 0 Å². The number of rotatable bonds is 3. The third-order valence-corrected chi connectivity index (χ3v) is 2.24. The molecule has 6 heteroatoms. The van der Waals surface area contributed by atoms with Crippen LogP contribution in [-0.4, -0.2) is 16.0 Å². The first-order valence-electron chi connectivity index (χ1n) is 4.14. The van der Waals surface area contributed by atoms with E-state index in [1.54, 1.807) is 12.1 Å². The standard InChI is InChI=1S/C8H7BrN2O3/c9-7-4-3-6(14-5-1-2-5)8(10-7)11(12)13/h3-5H,1-2H2. The minimum absolute atomic E-state index is 0.136. The number of nitrogens with zero attached hydrogens (tertiary/aromatic N) is 2. The van der Waals surface area contributed by atoms with E-state index in [2.05, 4.69) is 20.9 Å². The molecule has 1 heterocycles. The zero-order valence-electron chi connectivity index (χ0n) is 7.14. The van der Waals surface area contributed by atoms with Gasteiger partial charge in [0.1, 0.15) is 0 Å². The fraction of sp³-hybridized carbons (Fsp3) is 0.375. The van der Waals surface area contributed by atoms with Gasteiger partial charge in [-0.1, -0.05) is 0 Å². The molecule has 0 atom stereocenters.